The lowest BCUT2D eigenvalue weighted by Gasteiger charge is -2.35. The van der Waals surface area contributed by atoms with Crippen LogP contribution < -0.4 is 10.1 Å². The molecule has 1 aromatic rings. The zero-order valence-electron chi connectivity index (χ0n) is 13.9. The Labute approximate surface area is 156 Å². The minimum atomic E-state index is 0. The van der Waals surface area contributed by atoms with Crippen molar-refractivity contribution in [3.8, 4) is 5.75 Å². The van der Waals surface area contributed by atoms with Crippen LogP contribution in [0.1, 0.15) is 31.2 Å². The van der Waals surface area contributed by atoms with Crippen molar-refractivity contribution >= 4 is 35.5 Å². The summed E-state index contributed by atoms with van der Waals surface area (Å²) in [6, 6.07) is 8.94. The maximum absolute atomic E-state index is 5.32. The molecule has 0 bridgehead atoms. The van der Waals surface area contributed by atoms with Gasteiger partial charge < -0.3 is 15.0 Å². The van der Waals surface area contributed by atoms with E-state index in [1.54, 1.807) is 7.11 Å². The molecule has 0 aromatic heterocycles. The van der Waals surface area contributed by atoms with Gasteiger partial charge in [-0.2, -0.15) is 0 Å². The molecule has 23 heavy (non-hydrogen) atoms. The van der Waals surface area contributed by atoms with E-state index in [9.17, 15) is 0 Å². The first-order chi connectivity index (χ1) is 10.8. The summed E-state index contributed by atoms with van der Waals surface area (Å²) in [6.45, 7) is 1.92. The average molecular weight is 427 g/mol. The van der Waals surface area contributed by atoms with Gasteiger partial charge in [-0.1, -0.05) is 18.2 Å². The molecule has 1 saturated carbocycles. The molecule has 3 rings (SSSR count). The smallest absolute Gasteiger partial charge is 0.194 e. The molecular formula is C18H26IN3O. The fourth-order valence-electron chi connectivity index (χ4n) is 2.98. The Morgan fingerprint density at radius 3 is 2.74 bits per heavy atom. The highest BCUT2D eigenvalue weighted by atomic mass is 127. The Hall–Kier alpha value is -1.24. The number of hydrogen-bond donors (Lipinski definition) is 1. The molecule has 2 aliphatic rings. The number of aliphatic imine (C=N–C) groups is 1. The van der Waals surface area contributed by atoms with E-state index in [-0.39, 0.29) is 24.0 Å². The molecule has 1 heterocycles. The molecule has 1 aliphatic heterocycles. The summed E-state index contributed by atoms with van der Waals surface area (Å²) in [4.78, 5) is 6.78. The van der Waals surface area contributed by atoms with Gasteiger partial charge in [0.2, 0.25) is 0 Å². The zero-order chi connectivity index (χ0) is 15.4. The first-order valence-corrected chi connectivity index (χ1v) is 8.12. The van der Waals surface area contributed by atoms with Crippen molar-refractivity contribution in [3.63, 3.8) is 0 Å². The van der Waals surface area contributed by atoms with Gasteiger partial charge in [-0.25, -0.2) is 0 Å². The van der Waals surface area contributed by atoms with E-state index in [1.165, 1.54) is 30.4 Å². The Morgan fingerprint density at radius 2 is 2.17 bits per heavy atom. The summed E-state index contributed by atoms with van der Waals surface area (Å²) >= 11 is 0. The SMILES string of the molecule is CN=C(NC1CCC1)N1CC=C(c2cccc(OC)c2)CC1.I. The van der Waals surface area contributed by atoms with Crippen molar-refractivity contribution in [1.29, 1.82) is 0 Å². The molecule has 0 atom stereocenters. The van der Waals surface area contributed by atoms with E-state index in [1.807, 2.05) is 13.1 Å². The summed E-state index contributed by atoms with van der Waals surface area (Å²) in [6.07, 6.45) is 7.24. The van der Waals surface area contributed by atoms with Gasteiger partial charge in [-0.15, -0.1) is 24.0 Å². The topological polar surface area (TPSA) is 36.9 Å². The van der Waals surface area contributed by atoms with Gasteiger partial charge in [0.1, 0.15) is 5.75 Å². The number of halogens is 1. The van der Waals surface area contributed by atoms with Gasteiger partial charge in [0.15, 0.2) is 5.96 Å². The van der Waals surface area contributed by atoms with Crippen molar-refractivity contribution in [2.75, 3.05) is 27.2 Å². The fourth-order valence-corrected chi connectivity index (χ4v) is 2.98. The molecule has 1 aromatic carbocycles. The molecule has 0 unspecified atom stereocenters. The highest BCUT2D eigenvalue weighted by molar-refractivity contribution is 14.0. The van der Waals surface area contributed by atoms with Crippen molar-refractivity contribution in [2.45, 2.75) is 31.7 Å². The van der Waals surface area contributed by atoms with E-state index in [2.05, 4.69) is 39.5 Å². The third-order valence-corrected chi connectivity index (χ3v) is 4.60. The Morgan fingerprint density at radius 1 is 1.35 bits per heavy atom. The lowest BCUT2D eigenvalue weighted by molar-refractivity contribution is 0.353. The molecule has 1 N–H and O–H groups in total. The van der Waals surface area contributed by atoms with Gasteiger partial charge in [-0.05, 0) is 49.0 Å². The number of guanidine groups is 1. The predicted molar refractivity (Wildman–Crippen MR) is 107 cm³/mol. The standard InChI is InChI=1S/C18H25N3O.HI/c1-19-18(20-16-6-4-7-16)21-11-9-14(10-12-21)15-5-3-8-17(13-15)22-2;/h3,5,8-9,13,16H,4,6-7,10-12H2,1-2H3,(H,19,20);1H. The molecular weight excluding hydrogens is 401 g/mol. The monoisotopic (exact) mass is 427 g/mol. The van der Waals surface area contributed by atoms with Gasteiger partial charge >= 0.3 is 0 Å². The number of rotatable bonds is 3. The van der Waals surface area contributed by atoms with Crippen LogP contribution in [0.15, 0.2) is 35.3 Å². The van der Waals surface area contributed by atoms with Crippen LogP contribution in [0, 0.1) is 0 Å². The highest BCUT2D eigenvalue weighted by Crippen LogP contribution is 2.26. The number of ether oxygens (including phenoxy) is 1. The molecule has 0 amide bonds. The lowest BCUT2D eigenvalue weighted by atomic mass is 9.93. The minimum Gasteiger partial charge on any atom is -0.497 e. The summed E-state index contributed by atoms with van der Waals surface area (Å²) in [5, 5.41) is 3.57. The third-order valence-electron chi connectivity index (χ3n) is 4.60. The van der Waals surface area contributed by atoms with Crippen LogP contribution in [0.4, 0.5) is 0 Å². The Bertz CT molecular complexity index is 581. The van der Waals surface area contributed by atoms with Crippen LogP contribution >= 0.6 is 24.0 Å². The van der Waals surface area contributed by atoms with Gasteiger partial charge in [0, 0.05) is 26.2 Å². The number of nitrogens with one attached hydrogen (secondary N) is 1. The molecule has 0 saturated heterocycles. The second-order valence-electron chi connectivity index (χ2n) is 5.98. The summed E-state index contributed by atoms with van der Waals surface area (Å²) < 4.78 is 5.32. The number of methoxy groups -OCH3 is 1. The van der Waals surface area contributed by atoms with Gasteiger partial charge in [-0.3, -0.25) is 4.99 Å². The van der Waals surface area contributed by atoms with Gasteiger partial charge in [0.05, 0.1) is 7.11 Å². The maximum Gasteiger partial charge on any atom is 0.194 e. The number of nitrogens with zero attached hydrogens (tertiary/aromatic N) is 2. The Balaban J connectivity index is 0.00000192. The van der Waals surface area contributed by atoms with Crippen LogP contribution in [-0.2, 0) is 0 Å². The molecule has 126 valence electrons. The zero-order valence-corrected chi connectivity index (χ0v) is 16.2. The van der Waals surface area contributed by atoms with Crippen molar-refractivity contribution in [1.82, 2.24) is 10.2 Å². The van der Waals surface area contributed by atoms with Crippen LogP contribution in [0.2, 0.25) is 0 Å². The summed E-state index contributed by atoms with van der Waals surface area (Å²) in [7, 11) is 3.59. The first-order valence-electron chi connectivity index (χ1n) is 8.12. The quantitative estimate of drug-likeness (QED) is 0.456. The summed E-state index contributed by atoms with van der Waals surface area (Å²) in [5.74, 6) is 1.97. The van der Waals surface area contributed by atoms with Gasteiger partial charge in [0.25, 0.3) is 0 Å². The molecule has 0 spiro atoms. The normalized spacial score (nSPS) is 18.6. The van der Waals surface area contributed by atoms with Crippen LogP contribution in [0.5, 0.6) is 5.75 Å². The van der Waals surface area contributed by atoms with Crippen LogP contribution in [0.25, 0.3) is 5.57 Å². The molecule has 5 heteroatoms. The molecule has 1 fully saturated rings. The highest BCUT2D eigenvalue weighted by Gasteiger charge is 2.22. The molecule has 0 radical (unpaired) electrons. The second kappa shape index (κ2) is 8.57. The number of hydrogen-bond acceptors (Lipinski definition) is 2. The van der Waals surface area contributed by atoms with Crippen molar-refractivity contribution in [2.24, 2.45) is 4.99 Å². The average Bonchev–Trinajstić information content (AvgIpc) is 2.54. The van der Waals surface area contributed by atoms with E-state index < -0.39 is 0 Å². The Kier molecular flexibility index (Phi) is 6.74. The second-order valence-corrected chi connectivity index (χ2v) is 5.98. The van der Waals surface area contributed by atoms with E-state index in [0.29, 0.717) is 6.04 Å². The third kappa shape index (κ3) is 4.40. The predicted octanol–water partition coefficient (Wildman–Crippen LogP) is 3.53. The summed E-state index contributed by atoms with van der Waals surface area (Å²) in [5.41, 5.74) is 2.66. The maximum atomic E-state index is 5.32. The lowest BCUT2D eigenvalue weighted by Crippen LogP contribution is -2.49. The minimum absolute atomic E-state index is 0. The van der Waals surface area contributed by atoms with E-state index in [4.69, 9.17) is 4.74 Å². The first kappa shape index (κ1) is 18.1. The fraction of sp³-hybridized carbons (Fsp3) is 0.500. The van der Waals surface area contributed by atoms with Crippen LogP contribution in [-0.4, -0.2) is 44.1 Å². The molecule has 1 aliphatic carbocycles. The largest absolute Gasteiger partial charge is 0.497 e. The molecule has 4 nitrogen and oxygen atoms in total. The van der Waals surface area contributed by atoms with Crippen molar-refractivity contribution in [3.05, 3.63) is 35.9 Å². The van der Waals surface area contributed by atoms with E-state index >= 15 is 0 Å². The number of benzene rings is 1. The van der Waals surface area contributed by atoms with Crippen LogP contribution in [0.3, 0.4) is 0 Å². The van der Waals surface area contributed by atoms with E-state index in [0.717, 1.165) is 31.2 Å². The van der Waals surface area contributed by atoms with Crippen molar-refractivity contribution < 1.29 is 4.74 Å².